The van der Waals surface area contributed by atoms with Crippen LogP contribution in [0, 0.1) is 5.82 Å². The molecule has 2 aromatic rings. The van der Waals surface area contributed by atoms with Crippen molar-refractivity contribution in [2.75, 3.05) is 13.1 Å². The van der Waals surface area contributed by atoms with Crippen LogP contribution in [0.1, 0.15) is 38.6 Å². The highest BCUT2D eigenvalue weighted by atomic mass is 19.4. The second-order valence-electron chi connectivity index (χ2n) is 7.73. The van der Waals surface area contributed by atoms with Crippen molar-refractivity contribution >= 4 is 6.09 Å². The van der Waals surface area contributed by atoms with Gasteiger partial charge in [-0.2, -0.15) is 18.2 Å². The molecule has 7 nitrogen and oxygen atoms in total. The molecular weight excluding hydrogens is 398 g/mol. The molecule has 1 aliphatic heterocycles. The third-order valence-electron chi connectivity index (χ3n) is 4.47. The van der Waals surface area contributed by atoms with E-state index in [9.17, 15) is 18.0 Å². The summed E-state index contributed by atoms with van der Waals surface area (Å²) in [5.41, 5.74) is -0.890. The first-order valence-corrected chi connectivity index (χ1v) is 8.76. The third-order valence-corrected chi connectivity index (χ3v) is 4.47. The summed E-state index contributed by atoms with van der Waals surface area (Å²) < 4.78 is 63.5. The number of ether oxygens (including phenoxy) is 1. The first-order chi connectivity index (χ1) is 13.4. The van der Waals surface area contributed by atoms with Gasteiger partial charge in [-0.05, 0) is 17.5 Å². The van der Waals surface area contributed by atoms with Gasteiger partial charge in [0.2, 0.25) is 5.82 Å². The van der Waals surface area contributed by atoms with E-state index in [1.807, 2.05) is 0 Å². The van der Waals surface area contributed by atoms with Gasteiger partial charge in [-0.25, -0.2) is 9.18 Å². The highest BCUT2D eigenvalue weighted by Gasteiger charge is 2.39. The van der Waals surface area contributed by atoms with Crippen LogP contribution in [0.25, 0.3) is 11.4 Å². The van der Waals surface area contributed by atoms with E-state index in [2.05, 4.69) is 14.7 Å². The number of benzene rings is 1. The van der Waals surface area contributed by atoms with Crippen LogP contribution in [0.3, 0.4) is 0 Å². The molecule has 0 saturated carbocycles. The van der Waals surface area contributed by atoms with Crippen molar-refractivity contribution in [1.29, 1.82) is 0 Å². The van der Waals surface area contributed by atoms with E-state index in [1.165, 1.54) is 17.0 Å². The van der Waals surface area contributed by atoms with Crippen LogP contribution in [-0.4, -0.2) is 45.4 Å². The Balaban J connectivity index is 1.97. The molecule has 158 valence electrons. The third kappa shape index (κ3) is 4.28. The maximum atomic E-state index is 15.3. The van der Waals surface area contributed by atoms with Crippen molar-refractivity contribution in [2.24, 2.45) is 0 Å². The van der Waals surface area contributed by atoms with Gasteiger partial charge in [0.25, 0.3) is 0 Å². The Morgan fingerprint density at radius 3 is 2.52 bits per heavy atom. The number of aromatic nitrogens is 2. The number of rotatable bonds is 3. The molecule has 1 aromatic heterocycles. The van der Waals surface area contributed by atoms with Gasteiger partial charge in [0, 0.05) is 18.5 Å². The van der Waals surface area contributed by atoms with Gasteiger partial charge in [-0.15, -0.1) is 0 Å². The Bertz CT molecular complexity index is 921. The molecule has 1 saturated heterocycles. The number of likely N-dealkylation sites (tertiary alicyclic amines) is 1. The zero-order chi connectivity index (χ0) is 21.6. The first kappa shape index (κ1) is 20.9. The fourth-order valence-electron chi connectivity index (χ4n) is 3.15. The normalized spacial score (nSPS) is 17.6. The molecule has 1 fully saturated rings. The fraction of sp³-hybridized carbons (Fsp3) is 0.500. The molecule has 1 amide bonds. The van der Waals surface area contributed by atoms with Crippen molar-refractivity contribution in [3.63, 3.8) is 0 Å². The summed E-state index contributed by atoms with van der Waals surface area (Å²) in [5.74, 6) is -2.72. The minimum Gasteiger partial charge on any atom is -0.488 e. The lowest BCUT2D eigenvalue weighted by Gasteiger charge is -2.26. The van der Waals surface area contributed by atoms with E-state index in [0.29, 0.717) is 13.0 Å². The van der Waals surface area contributed by atoms with Crippen LogP contribution in [-0.2, 0) is 11.6 Å². The van der Waals surface area contributed by atoms with Crippen LogP contribution in [0.2, 0.25) is 0 Å². The first-order valence-electron chi connectivity index (χ1n) is 8.76. The summed E-state index contributed by atoms with van der Waals surface area (Å²) >= 11 is 0. The number of carboxylic acid groups (broad SMARTS) is 1. The molecule has 0 radical (unpaired) electrons. The highest BCUT2D eigenvalue weighted by molar-refractivity contribution is 5.65. The van der Waals surface area contributed by atoms with E-state index in [0.717, 1.165) is 0 Å². The summed E-state index contributed by atoms with van der Waals surface area (Å²) in [4.78, 5) is 15.5. The van der Waals surface area contributed by atoms with Gasteiger partial charge in [0.1, 0.15) is 17.7 Å². The largest absolute Gasteiger partial charge is 0.488 e. The maximum absolute atomic E-state index is 15.3. The molecule has 0 spiro atoms. The molecular formula is C18H19F4N3O4. The average Bonchev–Trinajstić information content (AvgIpc) is 3.22. The summed E-state index contributed by atoms with van der Waals surface area (Å²) in [5, 5.41) is 12.3. The van der Waals surface area contributed by atoms with Crippen LogP contribution < -0.4 is 4.74 Å². The standard InChI is InChI=1S/C18H19F4N3O4/c1-17(2,3)12-11(28-9-6-7-25(8-9)16(26)27)5-4-10(13(12)19)14-23-15(29-24-14)18(20,21)22/h4-5,9H,6-8H2,1-3H3,(H,26,27)/t9-/m1/s1. The summed E-state index contributed by atoms with van der Waals surface area (Å²) in [6.45, 7) is 5.60. The van der Waals surface area contributed by atoms with Crippen molar-refractivity contribution < 1.29 is 36.7 Å². The molecule has 3 rings (SSSR count). The van der Waals surface area contributed by atoms with E-state index >= 15 is 4.39 Å². The average molecular weight is 417 g/mol. The number of carbonyl (C=O) groups is 1. The predicted molar refractivity (Wildman–Crippen MR) is 92.0 cm³/mol. The van der Waals surface area contributed by atoms with Gasteiger partial charge in [-0.3, -0.25) is 0 Å². The Morgan fingerprint density at radius 1 is 1.31 bits per heavy atom. The van der Waals surface area contributed by atoms with Crippen molar-refractivity contribution in [1.82, 2.24) is 15.0 Å². The molecule has 1 aliphatic rings. The van der Waals surface area contributed by atoms with Crippen molar-refractivity contribution in [2.45, 2.75) is 44.9 Å². The molecule has 11 heteroatoms. The summed E-state index contributed by atoms with van der Waals surface area (Å²) in [7, 11) is 0. The second kappa shape index (κ2) is 7.20. The number of alkyl halides is 3. The van der Waals surface area contributed by atoms with Crippen LogP contribution in [0.15, 0.2) is 16.7 Å². The Kier molecular flexibility index (Phi) is 5.18. The Morgan fingerprint density at radius 2 is 2.00 bits per heavy atom. The number of nitrogens with zero attached hydrogens (tertiary/aromatic N) is 3. The minimum atomic E-state index is -4.84. The number of hydrogen-bond donors (Lipinski definition) is 1. The molecule has 0 bridgehead atoms. The summed E-state index contributed by atoms with van der Waals surface area (Å²) in [6, 6.07) is 2.64. The molecule has 1 aromatic carbocycles. The van der Waals surface area contributed by atoms with Gasteiger partial charge < -0.3 is 19.3 Å². The lowest BCUT2D eigenvalue weighted by Crippen LogP contribution is -2.30. The summed E-state index contributed by atoms with van der Waals surface area (Å²) in [6.07, 6.45) is -5.92. The maximum Gasteiger partial charge on any atom is 0.471 e. The molecule has 0 unspecified atom stereocenters. The number of amides is 1. The van der Waals surface area contributed by atoms with Gasteiger partial charge >= 0.3 is 18.2 Å². The molecule has 1 atom stereocenters. The fourth-order valence-corrected chi connectivity index (χ4v) is 3.15. The topological polar surface area (TPSA) is 88.7 Å². The monoisotopic (exact) mass is 417 g/mol. The zero-order valence-electron chi connectivity index (χ0n) is 15.9. The van der Waals surface area contributed by atoms with Gasteiger partial charge in [-0.1, -0.05) is 25.9 Å². The zero-order valence-corrected chi connectivity index (χ0v) is 15.9. The lowest BCUT2D eigenvalue weighted by atomic mass is 9.84. The smallest absolute Gasteiger partial charge is 0.471 e. The van der Waals surface area contributed by atoms with Gasteiger partial charge in [0.05, 0.1) is 12.1 Å². The minimum absolute atomic E-state index is 0.127. The van der Waals surface area contributed by atoms with E-state index in [-0.39, 0.29) is 23.4 Å². The molecule has 0 aliphatic carbocycles. The van der Waals surface area contributed by atoms with Crippen molar-refractivity contribution in [3.8, 4) is 17.1 Å². The Hall–Kier alpha value is -2.85. The SMILES string of the molecule is CC(C)(C)c1c(O[C@@H]2CCN(C(=O)O)C2)ccc(-c2noc(C(F)(F)F)n2)c1F. The molecule has 29 heavy (non-hydrogen) atoms. The van der Waals surface area contributed by atoms with E-state index < -0.39 is 41.3 Å². The molecule has 1 N–H and O–H groups in total. The number of halogens is 4. The quantitative estimate of drug-likeness (QED) is 0.749. The van der Waals surface area contributed by atoms with Crippen LogP contribution >= 0.6 is 0 Å². The highest BCUT2D eigenvalue weighted by Crippen LogP contribution is 2.39. The van der Waals surface area contributed by atoms with Crippen LogP contribution in [0.4, 0.5) is 22.4 Å². The van der Waals surface area contributed by atoms with Crippen molar-refractivity contribution in [3.05, 3.63) is 29.4 Å². The van der Waals surface area contributed by atoms with Crippen LogP contribution in [0.5, 0.6) is 5.75 Å². The molecule has 2 heterocycles. The lowest BCUT2D eigenvalue weighted by molar-refractivity contribution is -0.159. The van der Waals surface area contributed by atoms with Gasteiger partial charge in [0.15, 0.2) is 0 Å². The second-order valence-corrected chi connectivity index (χ2v) is 7.73. The predicted octanol–water partition coefficient (Wildman–Crippen LogP) is 4.32. The van der Waals surface area contributed by atoms with E-state index in [1.54, 1.807) is 20.8 Å². The Labute approximate surface area is 163 Å². The number of hydrogen-bond acceptors (Lipinski definition) is 5. The van der Waals surface area contributed by atoms with E-state index in [4.69, 9.17) is 9.84 Å².